The normalized spacial score (nSPS) is 12.4. The maximum atomic E-state index is 12.3. The molecule has 0 spiro atoms. The molecule has 0 aliphatic heterocycles. The van der Waals surface area contributed by atoms with Crippen molar-refractivity contribution in [3.63, 3.8) is 0 Å². The van der Waals surface area contributed by atoms with E-state index in [0.717, 1.165) is 18.4 Å². The van der Waals surface area contributed by atoms with Gasteiger partial charge in [0.25, 0.3) is 0 Å². The third-order valence-corrected chi connectivity index (χ3v) is 4.49. The highest BCUT2D eigenvalue weighted by Crippen LogP contribution is 2.25. The van der Waals surface area contributed by atoms with Gasteiger partial charge in [0, 0.05) is 6.54 Å². The molecular formula is C15H25NO3S. The molecule has 0 amide bonds. The van der Waals surface area contributed by atoms with Gasteiger partial charge in [-0.2, -0.15) is 0 Å². The Balaban J connectivity index is 2.77. The molecule has 1 aromatic rings. The standard InChI is InChI=1S/C15H25NO3S/c1-12-7-8-13(19-5)14(11-12)20(17,18)16-10-6-9-15(2,3)4/h7-8,11,16H,6,9-10H2,1-5H3. The number of rotatable bonds is 6. The molecule has 0 aliphatic rings. The van der Waals surface area contributed by atoms with E-state index < -0.39 is 10.0 Å². The van der Waals surface area contributed by atoms with Crippen LogP contribution in [0.1, 0.15) is 39.2 Å². The summed E-state index contributed by atoms with van der Waals surface area (Å²) in [7, 11) is -2.04. The molecule has 0 bridgehead atoms. The molecule has 20 heavy (non-hydrogen) atoms. The molecule has 5 heteroatoms. The van der Waals surface area contributed by atoms with E-state index in [-0.39, 0.29) is 10.3 Å². The summed E-state index contributed by atoms with van der Waals surface area (Å²) in [5.74, 6) is 0.374. The summed E-state index contributed by atoms with van der Waals surface area (Å²) in [5, 5.41) is 0. The molecule has 0 aliphatic carbocycles. The minimum atomic E-state index is -3.52. The Morgan fingerprint density at radius 3 is 2.45 bits per heavy atom. The Hall–Kier alpha value is -1.07. The van der Waals surface area contributed by atoms with Gasteiger partial charge >= 0.3 is 0 Å². The number of sulfonamides is 1. The Morgan fingerprint density at radius 1 is 1.25 bits per heavy atom. The number of aryl methyl sites for hydroxylation is 1. The van der Waals surface area contributed by atoms with Gasteiger partial charge in [-0.25, -0.2) is 13.1 Å². The highest BCUT2D eigenvalue weighted by Gasteiger charge is 2.19. The van der Waals surface area contributed by atoms with Gasteiger partial charge in [-0.05, 0) is 42.9 Å². The van der Waals surface area contributed by atoms with Gasteiger partial charge in [0.2, 0.25) is 10.0 Å². The average molecular weight is 299 g/mol. The van der Waals surface area contributed by atoms with Crippen molar-refractivity contribution in [1.82, 2.24) is 4.72 Å². The molecule has 0 unspecified atom stereocenters. The summed E-state index contributed by atoms with van der Waals surface area (Å²) in [4.78, 5) is 0.204. The van der Waals surface area contributed by atoms with Crippen molar-refractivity contribution in [2.24, 2.45) is 5.41 Å². The predicted octanol–water partition coefficient (Wildman–Crippen LogP) is 3.11. The molecule has 1 rings (SSSR count). The molecule has 0 saturated carbocycles. The number of nitrogens with one attached hydrogen (secondary N) is 1. The maximum Gasteiger partial charge on any atom is 0.244 e. The van der Waals surface area contributed by atoms with E-state index in [1.807, 2.05) is 13.0 Å². The summed E-state index contributed by atoms with van der Waals surface area (Å²) < 4.78 is 32.4. The zero-order chi connectivity index (χ0) is 15.4. The van der Waals surface area contributed by atoms with Crippen molar-refractivity contribution >= 4 is 10.0 Å². The lowest BCUT2D eigenvalue weighted by Gasteiger charge is -2.18. The number of hydrogen-bond donors (Lipinski definition) is 1. The lowest BCUT2D eigenvalue weighted by Crippen LogP contribution is -2.26. The van der Waals surface area contributed by atoms with Crippen LogP contribution < -0.4 is 9.46 Å². The van der Waals surface area contributed by atoms with Crippen LogP contribution in [0.25, 0.3) is 0 Å². The monoisotopic (exact) mass is 299 g/mol. The second-order valence-electron chi connectivity index (χ2n) is 6.22. The van der Waals surface area contributed by atoms with E-state index >= 15 is 0 Å². The van der Waals surface area contributed by atoms with Crippen LogP contribution in [0.15, 0.2) is 23.1 Å². The van der Waals surface area contributed by atoms with Crippen molar-refractivity contribution in [1.29, 1.82) is 0 Å². The average Bonchev–Trinajstić information content (AvgIpc) is 2.33. The first kappa shape index (κ1) is 17.0. The zero-order valence-electron chi connectivity index (χ0n) is 13.0. The van der Waals surface area contributed by atoms with Crippen LogP contribution in [0.3, 0.4) is 0 Å². The summed E-state index contributed by atoms with van der Waals surface area (Å²) >= 11 is 0. The first-order valence-electron chi connectivity index (χ1n) is 6.80. The molecule has 114 valence electrons. The largest absolute Gasteiger partial charge is 0.495 e. The van der Waals surface area contributed by atoms with Gasteiger partial charge in [0.05, 0.1) is 7.11 Å². The molecule has 0 fully saturated rings. The smallest absolute Gasteiger partial charge is 0.244 e. The van der Waals surface area contributed by atoms with Gasteiger partial charge in [-0.1, -0.05) is 26.8 Å². The van der Waals surface area contributed by atoms with Crippen molar-refractivity contribution in [3.8, 4) is 5.75 Å². The van der Waals surface area contributed by atoms with Gasteiger partial charge in [-0.3, -0.25) is 0 Å². The van der Waals surface area contributed by atoms with Gasteiger partial charge in [-0.15, -0.1) is 0 Å². The summed E-state index contributed by atoms with van der Waals surface area (Å²) in [5.41, 5.74) is 1.10. The minimum absolute atomic E-state index is 0.204. The third kappa shape index (κ3) is 5.13. The molecule has 0 heterocycles. The Kier molecular flexibility index (Phi) is 5.59. The molecule has 4 nitrogen and oxygen atoms in total. The maximum absolute atomic E-state index is 12.3. The molecule has 0 aromatic heterocycles. The van der Waals surface area contributed by atoms with Crippen LogP contribution in [-0.2, 0) is 10.0 Å². The Labute approximate surface area is 122 Å². The van der Waals surface area contributed by atoms with Crippen LogP contribution in [0, 0.1) is 12.3 Å². The first-order valence-corrected chi connectivity index (χ1v) is 8.28. The summed E-state index contributed by atoms with van der Waals surface area (Å²) in [6.45, 7) is 8.73. The number of ether oxygens (including phenoxy) is 1. The molecular weight excluding hydrogens is 274 g/mol. The van der Waals surface area contributed by atoms with Crippen LogP contribution >= 0.6 is 0 Å². The van der Waals surface area contributed by atoms with E-state index in [1.54, 1.807) is 12.1 Å². The van der Waals surface area contributed by atoms with Crippen LogP contribution in [0.2, 0.25) is 0 Å². The SMILES string of the molecule is COc1ccc(C)cc1S(=O)(=O)NCCCC(C)(C)C. The van der Waals surface area contributed by atoms with Crippen molar-refractivity contribution in [3.05, 3.63) is 23.8 Å². The molecule has 1 aromatic carbocycles. The summed E-state index contributed by atoms with van der Waals surface area (Å²) in [6.07, 6.45) is 1.79. The van der Waals surface area contributed by atoms with Crippen molar-refractivity contribution in [2.45, 2.75) is 45.4 Å². The fraction of sp³-hybridized carbons (Fsp3) is 0.600. The van der Waals surface area contributed by atoms with Crippen molar-refractivity contribution in [2.75, 3.05) is 13.7 Å². The lowest BCUT2D eigenvalue weighted by atomic mass is 9.91. The summed E-state index contributed by atoms with van der Waals surface area (Å²) in [6, 6.07) is 5.14. The Bertz CT molecular complexity index is 545. The zero-order valence-corrected chi connectivity index (χ0v) is 13.8. The van der Waals surface area contributed by atoms with Gasteiger partial charge in [0.15, 0.2) is 0 Å². The van der Waals surface area contributed by atoms with Gasteiger partial charge in [0.1, 0.15) is 10.6 Å². The fourth-order valence-electron chi connectivity index (χ4n) is 1.90. The van der Waals surface area contributed by atoms with Gasteiger partial charge < -0.3 is 4.74 Å². The number of hydrogen-bond acceptors (Lipinski definition) is 3. The highest BCUT2D eigenvalue weighted by atomic mass is 32.2. The predicted molar refractivity (Wildman–Crippen MR) is 81.6 cm³/mol. The minimum Gasteiger partial charge on any atom is -0.495 e. The second-order valence-corrected chi connectivity index (χ2v) is 7.95. The van der Waals surface area contributed by atoms with E-state index in [1.165, 1.54) is 7.11 Å². The molecule has 0 radical (unpaired) electrons. The number of methoxy groups -OCH3 is 1. The molecule has 1 N–H and O–H groups in total. The first-order chi connectivity index (χ1) is 9.15. The molecule has 0 saturated heterocycles. The second kappa shape index (κ2) is 6.59. The van der Waals surface area contributed by atoms with E-state index in [4.69, 9.17) is 4.74 Å². The van der Waals surface area contributed by atoms with Crippen LogP contribution in [0.4, 0.5) is 0 Å². The van der Waals surface area contributed by atoms with E-state index in [9.17, 15) is 8.42 Å². The number of benzene rings is 1. The Morgan fingerprint density at radius 2 is 1.90 bits per heavy atom. The lowest BCUT2D eigenvalue weighted by molar-refractivity contribution is 0.365. The van der Waals surface area contributed by atoms with E-state index in [0.29, 0.717) is 12.3 Å². The third-order valence-electron chi connectivity index (χ3n) is 3.00. The van der Waals surface area contributed by atoms with Crippen LogP contribution in [-0.4, -0.2) is 22.1 Å². The highest BCUT2D eigenvalue weighted by molar-refractivity contribution is 7.89. The fourth-order valence-corrected chi connectivity index (χ4v) is 3.22. The van der Waals surface area contributed by atoms with Crippen molar-refractivity contribution < 1.29 is 13.2 Å². The quantitative estimate of drug-likeness (QED) is 0.821. The van der Waals surface area contributed by atoms with Crippen LogP contribution in [0.5, 0.6) is 5.75 Å². The van der Waals surface area contributed by atoms with E-state index in [2.05, 4.69) is 25.5 Å². The molecule has 0 atom stereocenters. The topological polar surface area (TPSA) is 55.4 Å².